The maximum Gasteiger partial charge on any atom is 0.310 e. The number of hydrogen-bond donors (Lipinski definition) is 2. The van der Waals surface area contributed by atoms with E-state index in [1.54, 1.807) is 13.0 Å². The second kappa shape index (κ2) is 4.57. The van der Waals surface area contributed by atoms with Crippen molar-refractivity contribution < 1.29 is 15.0 Å². The van der Waals surface area contributed by atoms with E-state index >= 15 is 0 Å². The highest BCUT2D eigenvalue weighted by Gasteiger charge is 2.23. The van der Waals surface area contributed by atoms with Crippen LogP contribution in [0.5, 0.6) is 5.75 Å². The fraction of sp³-hybridized carbons (Fsp3) is 0.462. The van der Waals surface area contributed by atoms with Crippen molar-refractivity contribution >= 4 is 17.6 Å². The molecule has 0 aromatic heterocycles. The van der Waals surface area contributed by atoms with E-state index in [0.717, 1.165) is 0 Å². The monoisotopic (exact) mass is 256 g/mol. The number of phenols is 1. The third-order valence-corrected chi connectivity index (χ3v) is 3.05. The Morgan fingerprint density at radius 3 is 2.29 bits per heavy atom. The number of rotatable bonds is 2. The highest BCUT2D eigenvalue weighted by atomic mass is 35.5. The molecule has 1 unspecified atom stereocenters. The van der Waals surface area contributed by atoms with E-state index < -0.39 is 11.9 Å². The van der Waals surface area contributed by atoms with Gasteiger partial charge in [-0.3, -0.25) is 4.79 Å². The molecule has 0 saturated carbocycles. The molecule has 0 aliphatic carbocycles. The van der Waals surface area contributed by atoms with E-state index in [0.29, 0.717) is 11.1 Å². The molecule has 4 heteroatoms. The fourth-order valence-corrected chi connectivity index (χ4v) is 1.81. The molecule has 0 bridgehead atoms. The van der Waals surface area contributed by atoms with Gasteiger partial charge in [0.15, 0.2) is 0 Å². The standard InChI is InChI=1S/C13H17ClO3/c1-7(12(16)17)8-5-9(13(2,3)4)11(15)10(14)6-8/h5-7,15H,1-4H3,(H,16,17). The molecule has 0 aliphatic rings. The predicted octanol–water partition coefficient (Wildman–Crippen LogP) is 3.53. The van der Waals surface area contributed by atoms with Crippen LogP contribution in [0.25, 0.3) is 0 Å². The zero-order chi connectivity index (χ0) is 13.4. The van der Waals surface area contributed by atoms with Gasteiger partial charge in [0.25, 0.3) is 0 Å². The average Bonchev–Trinajstić information content (AvgIpc) is 2.18. The van der Waals surface area contributed by atoms with Crippen molar-refractivity contribution in [2.24, 2.45) is 0 Å². The van der Waals surface area contributed by atoms with Gasteiger partial charge < -0.3 is 10.2 Å². The van der Waals surface area contributed by atoms with Crippen LogP contribution in [0, 0.1) is 0 Å². The summed E-state index contributed by atoms with van der Waals surface area (Å²) in [4.78, 5) is 11.0. The van der Waals surface area contributed by atoms with E-state index in [-0.39, 0.29) is 16.2 Å². The fourth-order valence-electron chi connectivity index (χ4n) is 1.58. The molecule has 0 saturated heterocycles. The Balaban J connectivity index is 3.39. The number of hydrogen-bond acceptors (Lipinski definition) is 2. The first-order valence-electron chi connectivity index (χ1n) is 5.40. The van der Waals surface area contributed by atoms with Crippen molar-refractivity contribution in [1.82, 2.24) is 0 Å². The van der Waals surface area contributed by atoms with E-state index in [4.69, 9.17) is 16.7 Å². The van der Waals surface area contributed by atoms with E-state index in [1.165, 1.54) is 6.07 Å². The Bertz CT molecular complexity index is 447. The summed E-state index contributed by atoms with van der Waals surface area (Å²) >= 11 is 5.93. The Morgan fingerprint density at radius 1 is 1.35 bits per heavy atom. The molecule has 0 spiro atoms. The lowest BCUT2D eigenvalue weighted by atomic mass is 9.84. The summed E-state index contributed by atoms with van der Waals surface area (Å²) in [6.07, 6.45) is 0. The van der Waals surface area contributed by atoms with Gasteiger partial charge in [-0.1, -0.05) is 38.4 Å². The minimum atomic E-state index is -0.911. The third-order valence-electron chi connectivity index (χ3n) is 2.76. The van der Waals surface area contributed by atoms with Crippen molar-refractivity contribution in [1.29, 1.82) is 0 Å². The summed E-state index contributed by atoms with van der Waals surface area (Å²) in [5.74, 6) is -1.53. The largest absolute Gasteiger partial charge is 0.506 e. The summed E-state index contributed by atoms with van der Waals surface area (Å²) in [5, 5.41) is 19.1. The van der Waals surface area contributed by atoms with Crippen LogP contribution in [0.15, 0.2) is 12.1 Å². The minimum Gasteiger partial charge on any atom is -0.506 e. The number of carbonyl (C=O) groups is 1. The zero-order valence-electron chi connectivity index (χ0n) is 10.4. The Hall–Kier alpha value is -1.22. The van der Waals surface area contributed by atoms with E-state index in [2.05, 4.69) is 0 Å². The molecule has 0 radical (unpaired) electrons. The molecule has 0 heterocycles. The van der Waals surface area contributed by atoms with Gasteiger partial charge in [0, 0.05) is 5.56 Å². The van der Waals surface area contributed by atoms with Crippen molar-refractivity contribution in [2.45, 2.75) is 39.0 Å². The number of aliphatic carboxylic acids is 1. The van der Waals surface area contributed by atoms with Crippen molar-refractivity contribution in [3.63, 3.8) is 0 Å². The number of carboxylic acid groups (broad SMARTS) is 1. The van der Waals surface area contributed by atoms with Gasteiger partial charge in [-0.05, 0) is 24.0 Å². The first kappa shape index (κ1) is 13.8. The highest BCUT2D eigenvalue weighted by Crippen LogP contribution is 2.38. The summed E-state index contributed by atoms with van der Waals surface area (Å²) in [6.45, 7) is 7.41. The van der Waals surface area contributed by atoms with E-state index in [9.17, 15) is 9.90 Å². The molecule has 0 aliphatic heterocycles. The first-order valence-corrected chi connectivity index (χ1v) is 5.78. The number of carboxylic acids is 1. The number of benzene rings is 1. The molecule has 3 nitrogen and oxygen atoms in total. The Kier molecular flexibility index (Phi) is 3.72. The van der Waals surface area contributed by atoms with Crippen molar-refractivity contribution in [2.75, 3.05) is 0 Å². The van der Waals surface area contributed by atoms with Crippen LogP contribution in [0.1, 0.15) is 44.7 Å². The van der Waals surface area contributed by atoms with Crippen LogP contribution < -0.4 is 0 Å². The second-order valence-corrected chi connectivity index (χ2v) is 5.62. The first-order chi connectivity index (χ1) is 7.64. The molecule has 94 valence electrons. The Labute approximate surface area is 106 Å². The quantitative estimate of drug-likeness (QED) is 0.851. The average molecular weight is 257 g/mol. The number of phenolic OH excluding ortho intramolecular Hbond substituents is 1. The van der Waals surface area contributed by atoms with Crippen LogP contribution in [0.2, 0.25) is 5.02 Å². The molecule has 1 aromatic rings. The van der Waals surface area contributed by atoms with Crippen LogP contribution in [-0.4, -0.2) is 16.2 Å². The van der Waals surface area contributed by atoms with Crippen LogP contribution in [0.3, 0.4) is 0 Å². The summed E-state index contributed by atoms with van der Waals surface area (Å²) in [5.41, 5.74) is 0.973. The van der Waals surface area contributed by atoms with E-state index in [1.807, 2.05) is 20.8 Å². The van der Waals surface area contributed by atoms with Crippen LogP contribution >= 0.6 is 11.6 Å². The van der Waals surface area contributed by atoms with Crippen molar-refractivity contribution in [3.8, 4) is 5.75 Å². The lowest BCUT2D eigenvalue weighted by Gasteiger charge is -2.22. The smallest absolute Gasteiger partial charge is 0.310 e. The van der Waals surface area contributed by atoms with Gasteiger partial charge in [0.05, 0.1) is 10.9 Å². The molecule has 0 fully saturated rings. The topological polar surface area (TPSA) is 57.5 Å². The summed E-state index contributed by atoms with van der Waals surface area (Å²) in [7, 11) is 0. The van der Waals surface area contributed by atoms with Crippen molar-refractivity contribution in [3.05, 3.63) is 28.3 Å². The highest BCUT2D eigenvalue weighted by molar-refractivity contribution is 6.32. The predicted molar refractivity (Wildman–Crippen MR) is 67.9 cm³/mol. The lowest BCUT2D eigenvalue weighted by Crippen LogP contribution is -2.14. The third kappa shape index (κ3) is 2.91. The summed E-state index contributed by atoms with van der Waals surface area (Å²) < 4.78 is 0. The van der Waals surface area contributed by atoms with Gasteiger partial charge in [-0.2, -0.15) is 0 Å². The van der Waals surface area contributed by atoms with Gasteiger partial charge in [-0.15, -0.1) is 0 Å². The second-order valence-electron chi connectivity index (χ2n) is 5.21. The number of aromatic hydroxyl groups is 1. The maximum absolute atomic E-state index is 11.0. The van der Waals surface area contributed by atoms with Gasteiger partial charge >= 0.3 is 5.97 Å². The SMILES string of the molecule is CC(C(=O)O)c1cc(Cl)c(O)c(C(C)(C)C)c1. The number of halogens is 1. The normalized spacial score (nSPS) is 13.5. The molecule has 2 N–H and O–H groups in total. The molecule has 17 heavy (non-hydrogen) atoms. The minimum absolute atomic E-state index is 0.0282. The maximum atomic E-state index is 11.0. The van der Waals surface area contributed by atoms with Gasteiger partial charge in [-0.25, -0.2) is 0 Å². The lowest BCUT2D eigenvalue weighted by molar-refractivity contribution is -0.138. The van der Waals surface area contributed by atoms with Gasteiger partial charge in [0.2, 0.25) is 0 Å². The van der Waals surface area contributed by atoms with Gasteiger partial charge in [0.1, 0.15) is 5.75 Å². The molecular weight excluding hydrogens is 240 g/mol. The molecule has 0 amide bonds. The summed E-state index contributed by atoms with van der Waals surface area (Å²) in [6, 6.07) is 3.21. The molecule has 1 rings (SSSR count). The zero-order valence-corrected chi connectivity index (χ0v) is 11.2. The molecule has 1 atom stereocenters. The van der Waals surface area contributed by atoms with Crippen LogP contribution in [-0.2, 0) is 10.2 Å². The van der Waals surface area contributed by atoms with Crippen LogP contribution in [0.4, 0.5) is 0 Å². The molecule has 1 aromatic carbocycles. The Morgan fingerprint density at radius 2 is 1.88 bits per heavy atom. The molecular formula is C13H17ClO3.